The third-order valence-corrected chi connectivity index (χ3v) is 7.93. The summed E-state index contributed by atoms with van der Waals surface area (Å²) < 4.78 is 1.97. The van der Waals surface area contributed by atoms with Crippen molar-refractivity contribution in [1.29, 1.82) is 0 Å². The van der Waals surface area contributed by atoms with Crippen LogP contribution in [0.3, 0.4) is 0 Å². The number of benzene rings is 3. The molecule has 6 nitrogen and oxygen atoms in total. The fourth-order valence-electron chi connectivity index (χ4n) is 5.60. The first-order valence-electron chi connectivity index (χ1n) is 13.7. The Morgan fingerprint density at radius 2 is 1.41 bits per heavy atom. The molecule has 0 N–H and O–H groups in total. The van der Waals surface area contributed by atoms with Crippen molar-refractivity contribution in [3.05, 3.63) is 126 Å². The third kappa shape index (κ3) is 6.11. The molecule has 0 saturated carbocycles. The Bertz CT molecular complexity index is 1360. The molecule has 39 heavy (non-hydrogen) atoms. The normalized spacial score (nSPS) is 14.6. The summed E-state index contributed by atoms with van der Waals surface area (Å²) in [6.07, 6.45) is 6.08. The van der Waals surface area contributed by atoms with Crippen molar-refractivity contribution in [3.8, 4) is 0 Å². The van der Waals surface area contributed by atoms with Gasteiger partial charge in [-0.2, -0.15) is 0 Å². The van der Waals surface area contributed by atoms with Gasteiger partial charge in [0, 0.05) is 45.5 Å². The lowest BCUT2D eigenvalue weighted by molar-refractivity contribution is -0.144. The van der Waals surface area contributed by atoms with E-state index in [2.05, 4.69) is 41.4 Å². The summed E-state index contributed by atoms with van der Waals surface area (Å²) in [5.41, 5.74) is 2.57. The number of carbonyl (C=O) groups excluding carboxylic acids is 2. The van der Waals surface area contributed by atoms with E-state index in [9.17, 15) is 9.59 Å². The van der Waals surface area contributed by atoms with Gasteiger partial charge in [-0.15, -0.1) is 0 Å². The van der Waals surface area contributed by atoms with Crippen LogP contribution < -0.4 is 0 Å². The van der Waals surface area contributed by atoms with Crippen LogP contribution in [0.25, 0.3) is 0 Å². The zero-order valence-electron chi connectivity index (χ0n) is 22.6. The first-order valence-corrected chi connectivity index (χ1v) is 13.7. The predicted molar refractivity (Wildman–Crippen MR) is 153 cm³/mol. The van der Waals surface area contributed by atoms with E-state index in [1.54, 1.807) is 6.20 Å². The molecule has 4 aromatic rings. The maximum absolute atomic E-state index is 14.6. The van der Waals surface area contributed by atoms with E-state index >= 15 is 0 Å². The van der Waals surface area contributed by atoms with Gasteiger partial charge in [-0.05, 0) is 36.0 Å². The number of hydrogen-bond donors (Lipinski definition) is 0. The maximum atomic E-state index is 14.6. The quantitative estimate of drug-likeness (QED) is 0.307. The van der Waals surface area contributed by atoms with Crippen LogP contribution in [0.1, 0.15) is 41.8 Å². The molecule has 1 aromatic heterocycles. The zero-order chi connectivity index (χ0) is 27.1. The second-order valence-electron chi connectivity index (χ2n) is 10.4. The molecule has 200 valence electrons. The molecular formula is C33H36N4O2. The van der Waals surface area contributed by atoms with Crippen LogP contribution in [-0.2, 0) is 41.6 Å². The molecule has 1 fully saturated rings. The molecule has 0 bridgehead atoms. The van der Waals surface area contributed by atoms with Crippen LogP contribution in [0.4, 0.5) is 0 Å². The van der Waals surface area contributed by atoms with E-state index in [0.29, 0.717) is 45.4 Å². The summed E-state index contributed by atoms with van der Waals surface area (Å²) in [7, 11) is 1.96. The maximum Gasteiger partial charge on any atom is 0.234 e. The predicted octanol–water partition coefficient (Wildman–Crippen LogP) is 5.14. The first kappa shape index (κ1) is 26.4. The van der Waals surface area contributed by atoms with E-state index < -0.39 is 5.41 Å². The number of aromatic nitrogens is 2. The molecule has 5 rings (SSSR count). The monoisotopic (exact) mass is 520 g/mol. The number of nitrogens with zero attached hydrogens (tertiary/aromatic N) is 4. The summed E-state index contributed by atoms with van der Waals surface area (Å²) in [4.78, 5) is 36.2. The lowest BCUT2D eigenvalue weighted by Crippen LogP contribution is -2.53. The Balaban J connectivity index is 1.38. The number of imidazole rings is 1. The van der Waals surface area contributed by atoms with Gasteiger partial charge in [0.1, 0.15) is 5.82 Å². The molecular weight excluding hydrogens is 484 g/mol. The second-order valence-corrected chi connectivity index (χ2v) is 10.4. The molecule has 2 heterocycles. The van der Waals surface area contributed by atoms with Crippen molar-refractivity contribution in [1.82, 2.24) is 19.4 Å². The molecule has 0 unspecified atom stereocenters. The van der Waals surface area contributed by atoms with Crippen LogP contribution in [-0.4, -0.2) is 44.3 Å². The molecule has 0 radical (unpaired) electrons. The molecule has 2 amide bonds. The number of aryl methyl sites for hydroxylation is 2. The number of amides is 2. The van der Waals surface area contributed by atoms with Crippen LogP contribution in [0.2, 0.25) is 0 Å². The van der Waals surface area contributed by atoms with Gasteiger partial charge in [-0.25, -0.2) is 4.98 Å². The van der Waals surface area contributed by atoms with E-state index in [1.807, 2.05) is 82.2 Å². The van der Waals surface area contributed by atoms with Crippen molar-refractivity contribution in [2.24, 2.45) is 7.05 Å². The smallest absolute Gasteiger partial charge is 0.234 e. The van der Waals surface area contributed by atoms with Gasteiger partial charge in [-0.1, -0.05) is 91.0 Å². The molecule has 1 aliphatic heterocycles. The van der Waals surface area contributed by atoms with Crippen LogP contribution in [0.15, 0.2) is 103 Å². The van der Waals surface area contributed by atoms with Gasteiger partial charge in [-0.3, -0.25) is 9.59 Å². The van der Waals surface area contributed by atoms with Crippen LogP contribution in [0, 0.1) is 0 Å². The highest BCUT2D eigenvalue weighted by Gasteiger charge is 2.45. The van der Waals surface area contributed by atoms with E-state index in [0.717, 1.165) is 23.4 Å². The Hall–Kier alpha value is -4.19. The van der Waals surface area contributed by atoms with Crippen LogP contribution >= 0.6 is 0 Å². The van der Waals surface area contributed by atoms with E-state index in [-0.39, 0.29) is 11.8 Å². The van der Waals surface area contributed by atoms with Crippen molar-refractivity contribution >= 4 is 11.8 Å². The number of likely N-dealkylation sites (tertiary alicyclic amines) is 1. The van der Waals surface area contributed by atoms with Crippen molar-refractivity contribution in [2.75, 3.05) is 13.1 Å². The fourth-order valence-corrected chi connectivity index (χ4v) is 5.60. The van der Waals surface area contributed by atoms with Crippen molar-refractivity contribution in [2.45, 2.75) is 44.2 Å². The highest BCUT2D eigenvalue weighted by Crippen LogP contribution is 2.38. The van der Waals surface area contributed by atoms with Gasteiger partial charge < -0.3 is 14.4 Å². The molecule has 6 heteroatoms. The van der Waals surface area contributed by atoms with E-state index in [4.69, 9.17) is 0 Å². The Kier molecular flexibility index (Phi) is 8.21. The van der Waals surface area contributed by atoms with E-state index in [1.165, 1.54) is 5.56 Å². The lowest BCUT2D eigenvalue weighted by Gasteiger charge is -2.43. The zero-order valence-corrected chi connectivity index (χ0v) is 22.6. The number of piperidine rings is 1. The Labute approximate surface area is 230 Å². The summed E-state index contributed by atoms with van der Waals surface area (Å²) >= 11 is 0. The summed E-state index contributed by atoms with van der Waals surface area (Å²) in [6, 6.07) is 30.4. The van der Waals surface area contributed by atoms with Gasteiger partial charge in [0.15, 0.2) is 0 Å². The summed E-state index contributed by atoms with van der Waals surface area (Å²) in [6.45, 7) is 2.05. The second kappa shape index (κ2) is 12.1. The third-order valence-electron chi connectivity index (χ3n) is 7.93. The lowest BCUT2D eigenvalue weighted by atomic mass is 9.71. The summed E-state index contributed by atoms with van der Waals surface area (Å²) in [5.74, 6) is 1.09. The number of carbonyl (C=O) groups is 2. The highest BCUT2D eigenvalue weighted by atomic mass is 16.2. The van der Waals surface area contributed by atoms with Crippen LogP contribution in [0.5, 0.6) is 0 Å². The minimum atomic E-state index is -0.697. The molecule has 3 aromatic carbocycles. The average Bonchev–Trinajstić information content (AvgIpc) is 3.40. The van der Waals surface area contributed by atoms with Crippen molar-refractivity contribution in [3.63, 3.8) is 0 Å². The molecule has 1 saturated heterocycles. The molecule has 0 aliphatic carbocycles. The first-order chi connectivity index (χ1) is 19.0. The number of hydrogen-bond acceptors (Lipinski definition) is 3. The average molecular weight is 521 g/mol. The Morgan fingerprint density at radius 1 is 0.821 bits per heavy atom. The van der Waals surface area contributed by atoms with Gasteiger partial charge in [0.2, 0.25) is 11.8 Å². The van der Waals surface area contributed by atoms with Gasteiger partial charge in [0.05, 0.1) is 12.0 Å². The summed E-state index contributed by atoms with van der Waals surface area (Å²) in [5, 5.41) is 0. The highest BCUT2D eigenvalue weighted by molar-refractivity contribution is 5.89. The largest absolute Gasteiger partial charge is 0.343 e. The molecule has 0 atom stereocenters. The Morgan fingerprint density at radius 3 is 2.00 bits per heavy atom. The number of rotatable bonds is 9. The molecule has 0 spiro atoms. The standard InChI is InChI=1S/C33H36N4O2/c1-35-24-21-34-30(35)26-37(25-28-13-7-3-8-14-28)32(39)33(29-15-9-4-10-16-29)19-22-36(23-20-33)31(38)18-17-27-11-5-2-6-12-27/h2-16,21,24H,17-20,22-23,25-26H2,1H3. The minimum absolute atomic E-state index is 0.0944. The fraction of sp³-hybridized carbons (Fsp3) is 0.303. The molecule has 1 aliphatic rings. The SMILES string of the molecule is Cn1ccnc1CN(Cc1ccccc1)C(=O)C1(c2ccccc2)CCN(C(=O)CCc2ccccc2)CC1. The van der Waals surface area contributed by atoms with Gasteiger partial charge in [0.25, 0.3) is 0 Å². The minimum Gasteiger partial charge on any atom is -0.343 e. The topological polar surface area (TPSA) is 58.4 Å². The van der Waals surface area contributed by atoms with Gasteiger partial charge >= 0.3 is 0 Å². The van der Waals surface area contributed by atoms with Crippen molar-refractivity contribution < 1.29 is 9.59 Å².